The Morgan fingerprint density at radius 2 is 1.96 bits per heavy atom. The zero-order valence-corrected chi connectivity index (χ0v) is 13.7. The van der Waals surface area contributed by atoms with Crippen LogP contribution in [-0.2, 0) is 0 Å². The fraction of sp³-hybridized carbons (Fsp3) is 0.286. The Bertz CT molecular complexity index is 708. The fourth-order valence-electron chi connectivity index (χ4n) is 2.19. The number of nitrogens with zero attached hydrogens (tertiary/aromatic N) is 1. The number of halogens is 1. The maximum Gasteiger partial charge on any atom is 0.123 e. The molecule has 118 valence electrons. The number of unbranched alkanes of at least 4 members (excludes halogenated alkanes) is 2. The maximum absolute atomic E-state index is 13.5. The Kier molecular flexibility index (Phi) is 6.56. The summed E-state index contributed by atoms with van der Waals surface area (Å²) >= 11 is 0. The summed E-state index contributed by atoms with van der Waals surface area (Å²) in [4.78, 5) is 4.55. The van der Waals surface area contributed by atoms with Crippen molar-refractivity contribution in [3.63, 3.8) is 0 Å². The highest BCUT2D eigenvalue weighted by Gasteiger charge is 2.03. The molecule has 0 N–H and O–H groups in total. The minimum absolute atomic E-state index is 0.0281. The molecule has 2 rings (SSSR count). The Hall–Kier alpha value is -2.40. The van der Waals surface area contributed by atoms with E-state index in [0.29, 0.717) is 0 Å². The van der Waals surface area contributed by atoms with Crippen LogP contribution >= 0.6 is 0 Å². The molecule has 0 aliphatic rings. The predicted molar refractivity (Wildman–Crippen MR) is 95.3 cm³/mol. The molecule has 0 saturated heterocycles. The molecule has 0 spiro atoms. The first-order valence-corrected chi connectivity index (χ1v) is 8.07. The Balaban J connectivity index is 2.18. The first-order chi connectivity index (χ1) is 11.2. The topological polar surface area (TPSA) is 12.4 Å². The summed E-state index contributed by atoms with van der Waals surface area (Å²) in [5.41, 5.74) is 2.69. The molecule has 0 bridgehead atoms. The van der Waals surface area contributed by atoms with Crippen molar-refractivity contribution in [2.45, 2.75) is 39.2 Å². The average molecular weight is 307 g/mol. The van der Waals surface area contributed by atoms with Gasteiger partial charge in [-0.2, -0.15) is 0 Å². The van der Waals surface area contributed by atoms with E-state index in [4.69, 9.17) is 0 Å². The molecule has 0 aliphatic heterocycles. The molecule has 0 saturated carbocycles. The molecule has 1 nitrogen and oxygen atoms in total. The second-order valence-corrected chi connectivity index (χ2v) is 5.50. The van der Waals surface area contributed by atoms with Gasteiger partial charge in [0.1, 0.15) is 5.82 Å². The maximum atomic E-state index is 13.5. The lowest BCUT2D eigenvalue weighted by Gasteiger charge is -2.06. The molecule has 0 radical (unpaired) electrons. The van der Waals surface area contributed by atoms with Gasteiger partial charge in [0.15, 0.2) is 0 Å². The van der Waals surface area contributed by atoms with Crippen LogP contribution in [0.5, 0.6) is 0 Å². The molecule has 0 heterocycles. The van der Waals surface area contributed by atoms with Gasteiger partial charge in [0.05, 0.1) is 6.04 Å². The molecule has 2 aromatic rings. The first kappa shape index (κ1) is 17.0. The summed E-state index contributed by atoms with van der Waals surface area (Å²) in [6.07, 6.45) is 4.80. The number of hydrogen-bond donors (Lipinski definition) is 0. The van der Waals surface area contributed by atoms with Gasteiger partial charge in [0, 0.05) is 23.8 Å². The second-order valence-electron chi connectivity index (χ2n) is 5.50. The van der Waals surface area contributed by atoms with Crippen molar-refractivity contribution in [3.05, 3.63) is 71.0 Å². The Morgan fingerprint density at radius 3 is 2.70 bits per heavy atom. The van der Waals surface area contributed by atoms with Gasteiger partial charge >= 0.3 is 0 Å². The molecule has 0 amide bonds. The SMILES string of the molecule is CCCCC#Cc1ccc(F)cc1C=N[C@H](C)c1ccccc1. The van der Waals surface area contributed by atoms with Gasteiger partial charge in [0.2, 0.25) is 0 Å². The monoisotopic (exact) mass is 307 g/mol. The molecular formula is C21H22FN. The van der Waals surface area contributed by atoms with Gasteiger partial charge in [-0.25, -0.2) is 4.39 Å². The van der Waals surface area contributed by atoms with Gasteiger partial charge in [-0.1, -0.05) is 55.5 Å². The lowest BCUT2D eigenvalue weighted by atomic mass is 10.1. The lowest BCUT2D eigenvalue weighted by Crippen LogP contribution is -1.94. The Morgan fingerprint density at radius 1 is 1.17 bits per heavy atom. The molecule has 1 atom stereocenters. The van der Waals surface area contributed by atoms with E-state index in [1.807, 2.05) is 37.3 Å². The van der Waals surface area contributed by atoms with E-state index in [9.17, 15) is 4.39 Å². The van der Waals surface area contributed by atoms with Crippen LogP contribution in [0, 0.1) is 17.7 Å². The van der Waals surface area contributed by atoms with E-state index in [0.717, 1.165) is 36.0 Å². The predicted octanol–water partition coefficient (Wildman–Crippen LogP) is 5.55. The number of rotatable bonds is 5. The summed E-state index contributed by atoms with van der Waals surface area (Å²) in [5, 5.41) is 0. The van der Waals surface area contributed by atoms with Gasteiger partial charge in [-0.05, 0) is 37.1 Å². The van der Waals surface area contributed by atoms with E-state index in [2.05, 4.69) is 23.8 Å². The van der Waals surface area contributed by atoms with E-state index in [-0.39, 0.29) is 11.9 Å². The lowest BCUT2D eigenvalue weighted by molar-refractivity contribution is 0.627. The van der Waals surface area contributed by atoms with Crippen LogP contribution in [0.3, 0.4) is 0 Å². The summed E-state index contributed by atoms with van der Waals surface area (Å²) < 4.78 is 13.5. The van der Waals surface area contributed by atoms with Gasteiger partial charge in [-0.15, -0.1) is 0 Å². The highest BCUT2D eigenvalue weighted by molar-refractivity contribution is 5.83. The van der Waals surface area contributed by atoms with Crippen LogP contribution in [-0.4, -0.2) is 6.21 Å². The van der Waals surface area contributed by atoms with Crippen LogP contribution in [0.1, 0.15) is 55.8 Å². The average Bonchev–Trinajstić information content (AvgIpc) is 2.58. The van der Waals surface area contributed by atoms with Crippen molar-refractivity contribution in [2.75, 3.05) is 0 Å². The van der Waals surface area contributed by atoms with Crippen LogP contribution < -0.4 is 0 Å². The third-order valence-corrected chi connectivity index (χ3v) is 3.61. The highest BCUT2D eigenvalue weighted by Crippen LogP contribution is 2.16. The van der Waals surface area contributed by atoms with Gasteiger partial charge < -0.3 is 0 Å². The summed E-state index contributed by atoms with van der Waals surface area (Å²) in [5.74, 6) is 6.01. The smallest absolute Gasteiger partial charge is 0.123 e. The first-order valence-electron chi connectivity index (χ1n) is 8.07. The summed E-state index contributed by atoms with van der Waals surface area (Å²) in [6.45, 7) is 4.17. The number of benzene rings is 2. The van der Waals surface area contributed by atoms with Crippen molar-refractivity contribution < 1.29 is 4.39 Å². The largest absolute Gasteiger partial charge is 0.285 e. The van der Waals surface area contributed by atoms with Crippen molar-refractivity contribution in [1.29, 1.82) is 0 Å². The van der Waals surface area contributed by atoms with Crippen molar-refractivity contribution in [3.8, 4) is 11.8 Å². The number of aliphatic imine (C=N–C) groups is 1. The van der Waals surface area contributed by atoms with E-state index in [1.165, 1.54) is 12.1 Å². The highest BCUT2D eigenvalue weighted by atomic mass is 19.1. The zero-order chi connectivity index (χ0) is 16.5. The zero-order valence-electron chi connectivity index (χ0n) is 13.7. The molecule has 2 heteroatoms. The molecule has 0 aromatic heterocycles. The van der Waals surface area contributed by atoms with Crippen LogP contribution in [0.4, 0.5) is 4.39 Å². The normalized spacial score (nSPS) is 12.0. The van der Waals surface area contributed by atoms with Crippen LogP contribution in [0.15, 0.2) is 53.5 Å². The minimum Gasteiger partial charge on any atom is -0.285 e. The van der Waals surface area contributed by atoms with Crippen LogP contribution in [0.2, 0.25) is 0 Å². The third kappa shape index (κ3) is 5.38. The molecular weight excluding hydrogens is 285 g/mol. The van der Waals surface area contributed by atoms with E-state index in [1.54, 1.807) is 12.3 Å². The van der Waals surface area contributed by atoms with E-state index >= 15 is 0 Å². The van der Waals surface area contributed by atoms with E-state index < -0.39 is 0 Å². The second kappa shape index (κ2) is 8.90. The summed E-state index contributed by atoms with van der Waals surface area (Å²) in [7, 11) is 0. The standard InChI is InChI=1S/C21H22FN/c1-3-4-5-7-12-19-13-14-21(22)15-20(19)16-23-17(2)18-10-8-6-9-11-18/h6,8-11,13-17H,3-5H2,1-2H3/t17-/m1/s1. The quantitative estimate of drug-likeness (QED) is 0.390. The molecule has 0 fully saturated rings. The third-order valence-electron chi connectivity index (χ3n) is 3.61. The van der Waals surface area contributed by atoms with Gasteiger partial charge in [-0.3, -0.25) is 4.99 Å². The van der Waals surface area contributed by atoms with Crippen molar-refractivity contribution >= 4 is 6.21 Å². The minimum atomic E-state index is -0.266. The molecule has 0 unspecified atom stereocenters. The van der Waals surface area contributed by atoms with Crippen molar-refractivity contribution in [2.24, 2.45) is 4.99 Å². The summed E-state index contributed by atoms with van der Waals surface area (Å²) in [6, 6.07) is 14.7. The fourth-order valence-corrected chi connectivity index (χ4v) is 2.19. The Labute approximate surface area is 138 Å². The van der Waals surface area contributed by atoms with Crippen LogP contribution in [0.25, 0.3) is 0 Å². The molecule has 2 aromatic carbocycles. The van der Waals surface area contributed by atoms with Crippen molar-refractivity contribution in [1.82, 2.24) is 0 Å². The van der Waals surface area contributed by atoms with Gasteiger partial charge in [0.25, 0.3) is 0 Å². The molecule has 23 heavy (non-hydrogen) atoms. The number of hydrogen-bond acceptors (Lipinski definition) is 1. The molecule has 0 aliphatic carbocycles.